The zero-order valence-corrected chi connectivity index (χ0v) is 20.2. The number of nitrogens with zero attached hydrogens (tertiary/aromatic N) is 2. The van der Waals surface area contributed by atoms with Gasteiger partial charge in [0.25, 0.3) is 11.6 Å². The number of hydrogen-bond acceptors (Lipinski definition) is 6. The van der Waals surface area contributed by atoms with Crippen LogP contribution in [-0.4, -0.2) is 15.2 Å². The van der Waals surface area contributed by atoms with Gasteiger partial charge in [-0.15, -0.1) is 0 Å². The molecule has 0 spiro atoms. The Bertz CT molecular complexity index is 1220. The summed E-state index contributed by atoms with van der Waals surface area (Å²) in [5, 5.41) is 11.1. The number of thioether (sulfide) groups is 1. The molecule has 4 rings (SSSR count). The Labute approximate surface area is 202 Å². The van der Waals surface area contributed by atoms with E-state index in [9.17, 15) is 14.9 Å². The molecule has 2 heterocycles. The van der Waals surface area contributed by atoms with Crippen molar-refractivity contribution in [1.29, 1.82) is 0 Å². The number of benzene rings is 2. The number of carbonyl (C=O) groups is 1. The van der Waals surface area contributed by atoms with Crippen molar-refractivity contribution in [3.8, 4) is 11.3 Å². The monoisotopic (exact) mass is 612 g/mol. The standard InChI is InChI=1S/C20H10BrIN2O4S2/c21-16-7-5-13(24(26)27)9-15(16)17-8-6-14(28-17)10-18-19(25)23(20(29)30-18)12-3-1-11(22)2-4-12/h1-10H. The molecule has 0 saturated carbocycles. The van der Waals surface area contributed by atoms with E-state index in [1.54, 1.807) is 24.3 Å². The molecule has 6 nitrogen and oxygen atoms in total. The average Bonchev–Trinajstić information content (AvgIpc) is 3.27. The van der Waals surface area contributed by atoms with E-state index in [4.69, 9.17) is 16.6 Å². The van der Waals surface area contributed by atoms with Crippen molar-refractivity contribution in [3.63, 3.8) is 0 Å². The minimum absolute atomic E-state index is 0.0375. The van der Waals surface area contributed by atoms with Gasteiger partial charge in [0.15, 0.2) is 4.32 Å². The summed E-state index contributed by atoms with van der Waals surface area (Å²) < 4.78 is 8.00. The molecular weight excluding hydrogens is 603 g/mol. The average molecular weight is 613 g/mol. The highest BCUT2D eigenvalue weighted by Crippen LogP contribution is 2.38. The van der Waals surface area contributed by atoms with Gasteiger partial charge in [0.1, 0.15) is 11.5 Å². The molecule has 1 saturated heterocycles. The quantitative estimate of drug-likeness (QED) is 0.108. The summed E-state index contributed by atoms with van der Waals surface area (Å²) in [6, 6.07) is 15.4. The van der Waals surface area contributed by atoms with Crippen LogP contribution in [-0.2, 0) is 4.79 Å². The van der Waals surface area contributed by atoms with Gasteiger partial charge in [-0.3, -0.25) is 19.8 Å². The molecule has 10 heteroatoms. The van der Waals surface area contributed by atoms with Gasteiger partial charge in [0.2, 0.25) is 0 Å². The summed E-state index contributed by atoms with van der Waals surface area (Å²) in [5.41, 5.74) is 1.22. The normalized spacial score (nSPS) is 15.3. The van der Waals surface area contributed by atoms with Crippen LogP contribution in [0.5, 0.6) is 0 Å². The highest BCUT2D eigenvalue weighted by Gasteiger charge is 2.33. The number of anilines is 1. The van der Waals surface area contributed by atoms with E-state index in [1.807, 2.05) is 24.3 Å². The number of nitro groups is 1. The van der Waals surface area contributed by atoms with Gasteiger partial charge < -0.3 is 4.42 Å². The Balaban J connectivity index is 1.63. The van der Waals surface area contributed by atoms with E-state index in [2.05, 4.69) is 38.5 Å². The molecule has 0 radical (unpaired) electrons. The molecule has 1 aliphatic rings. The lowest BCUT2D eigenvalue weighted by molar-refractivity contribution is -0.384. The number of furan rings is 1. The fraction of sp³-hybridized carbons (Fsp3) is 0. The lowest BCUT2D eigenvalue weighted by Gasteiger charge is -2.14. The topological polar surface area (TPSA) is 76.6 Å². The van der Waals surface area contributed by atoms with Crippen LogP contribution in [0.4, 0.5) is 11.4 Å². The SMILES string of the molecule is O=C1C(=Cc2ccc(-c3cc([N+](=O)[O-])ccc3Br)o2)SC(=S)N1c1ccc(I)cc1. The highest BCUT2D eigenvalue weighted by atomic mass is 127. The number of hydrogen-bond donors (Lipinski definition) is 0. The van der Waals surface area contributed by atoms with E-state index < -0.39 is 4.92 Å². The molecule has 30 heavy (non-hydrogen) atoms. The molecule has 1 aromatic heterocycles. The van der Waals surface area contributed by atoms with Gasteiger partial charge in [-0.2, -0.15) is 0 Å². The molecular formula is C20H10BrIN2O4S2. The molecule has 1 aliphatic heterocycles. The Morgan fingerprint density at radius 1 is 1.17 bits per heavy atom. The summed E-state index contributed by atoms with van der Waals surface area (Å²) in [5.74, 6) is 0.678. The van der Waals surface area contributed by atoms with E-state index in [-0.39, 0.29) is 11.6 Å². The molecule has 0 atom stereocenters. The largest absolute Gasteiger partial charge is 0.457 e. The molecule has 1 amide bonds. The van der Waals surface area contributed by atoms with Crippen LogP contribution in [0.3, 0.4) is 0 Å². The zero-order valence-electron chi connectivity index (χ0n) is 14.9. The summed E-state index contributed by atoms with van der Waals surface area (Å²) in [4.78, 5) is 25.4. The highest BCUT2D eigenvalue weighted by molar-refractivity contribution is 14.1. The predicted molar refractivity (Wildman–Crippen MR) is 133 cm³/mol. The first-order chi connectivity index (χ1) is 14.3. The number of carbonyl (C=O) groups excluding carboxylic acids is 1. The van der Waals surface area contributed by atoms with E-state index in [0.717, 1.165) is 3.57 Å². The number of thiocarbonyl (C=S) groups is 1. The van der Waals surface area contributed by atoms with Gasteiger partial charge in [0.05, 0.1) is 15.5 Å². The minimum Gasteiger partial charge on any atom is -0.457 e. The third-order valence-electron chi connectivity index (χ3n) is 4.20. The van der Waals surface area contributed by atoms with Crippen molar-refractivity contribution >= 4 is 90.2 Å². The Hall–Kier alpha value is -2.02. The maximum absolute atomic E-state index is 12.9. The van der Waals surface area contributed by atoms with Crippen molar-refractivity contribution in [1.82, 2.24) is 0 Å². The van der Waals surface area contributed by atoms with Crippen molar-refractivity contribution in [2.24, 2.45) is 0 Å². The van der Waals surface area contributed by atoms with E-state index in [1.165, 1.54) is 28.8 Å². The summed E-state index contributed by atoms with van der Waals surface area (Å²) in [6.45, 7) is 0. The number of non-ortho nitro benzene ring substituents is 1. The maximum Gasteiger partial charge on any atom is 0.270 e. The maximum atomic E-state index is 12.9. The fourth-order valence-electron chi connectivity index (χ4n) is 2.80. The van der Waals surface area contributed by atoms with Crippen molar-refractivity contribution < 1.29 is 14.1 Å². The number of rotatable bonds is 4. The van der Waals surface area contributed by atoms with Crippen molar-refractivity contribution in [2.45, 2.75) is 0 Å². The first-order valence-electron chi connectivity index (χ1n) is 8.41. The number of nitro benzene ring substituents is 1. The van der Waals surface area contributed by atoms with Crippen molar-refractivity contribution in [3.05, 3.63) is 83.4 Å². The molecule has 0 N–H and O–H groups in total. The zero-order chi connectivity index (χ0) is 21.4. The second-order valence-electron chi connectivity index (χ2n) is 6.12. The Morgan fingerprint density at radius 3 is 2.60 bits per heavy atom. The van der Waals surface area contributed by atoms with Crippen LogP contribution in [0.25, 0.3) is 17.4 Å². The van der Waals surface area contributed by atoms with Crippen LogP contribution in [0.2, 0.25) is 0 Å². The van der Waals surface area contributed by atoms with E-state index in [0.29, 0.717) is 36.5 Å². The van der Waals surface area contributed by atoms with Gasteiger partial charge in [0, 0.05) is 31.8 Å². The lowest BCUT2D eigenvalue weighted by atomic mass is 10.1. The summed E-state index contributed by atoms with van der Waals surface area (Å²) in [7, 11) is 0. The first-order valence-corrected chi connectivity index (χ1v) is 11.5. The third kappa shape index (κ3) is 4.22. The van der Waals surface area contributed by atoms with Crippen LogP contribution < -0.4 is 4.90 Å². The minimum atomic E-state index is -0.463. The van der Waals surface area contributed by atoms with E-state index >= 15 is 0 Å². The summed E-state index contributed by atoms with van der Waals surface area (Å²) >= 11 is 12.2. The van der Waals surface area contributed by atoms with Crippen LogP contribution in [0.1, 0.15) is 5.76 Å². The summed E-state index contributed by atoms with van der Waals surface area (Å²) in [6.07, 6.45) is 1.63. The van der Waals surface area contributed by atoms with Crippen LogP contribution in [0, 0.1) is 13.7 Å². The Morgan fingerprint density at radius 2 is 1.90 bits per heavy atom. The molecule has 0 unspecified atom stereocenters. The molecule has 1 fully saturated rings. The van der Waals surface area contributed by atoms with Gasteiger partial charge in [-0.1, -0.05) is 39.9 Å². The third-order valence-corrected chi connectivity index (χ3v) is 6.92. The molecule has 150 valence electrons. The van der Waals surface area contributed by atoms with Crippen molar-refractivity contribution in [2.75, 3.05) is 4.90 Å². The Kier molecular flexibility index (Phi) is 6.09. The number of halogens is 2. The van der Waals surface area contributed by atoms with Gasteiger partial charge in [-0.05, 0) is 65.1 Å². The van der Waals surface area contributed by atoms with Gasteiger partial charge in [-0.25, -0.2) is 0 Å². The van der Waals surface area contributed by atoms with Crippen LogP contribution in [0.15, 0.2) is 68.4 Å². The molecule has 3 aromatic rings. The molecule has 0 bridgehead atoms. The lowest BCUT2D eigenvalue weighted by Crippen LogP contribution is -2.27. The second-order valence-corrected chi connectivity index (χ2v) is 9.89. The fourth-order valence-corrected chi connectivity index (χ4v) is 4.88. The van der Waals surface area contributed by atoms with Crippen LogP contribution >= 0.6 is 62.5 Å². The molecule has 2 aromatic carbocycles. The van der Waals surface area contributed by atoms with Gasteiger partial charge >= 0.3 is 0 Å². The molecule has 0 aliphatic carbocycles. The second kappa shape index (κ2) is 8.61. The first kappa shape index (κ1) is 21.2. The predicted octanol–water partition coefficient (Wildman–Crippen LogP) is 6.63. The smallest absolute Gasteiger partial charge is 0.270 e. The number of amides is 1.